The molecule has 0 unspecified atom stereocenters. The summed E-state index contributed by atoms with van der Waals surface area (Å²) in [5, 5.41) is 8.50. The summed E-state index contributed by atoms with van der Waals surface area (Å²) in [6.07, 6.45) is 1.28. The molecule has 0 saturated carbocycles. The van der Waals surface area contributed by atoms with E-state index < -0.39 is 24.0 Å². The molecule has 20 heavy (non-hydrogen) atoms. The van der Waals surface area contributed by atoms with Crippen molar-refractivity contribution in [3.63, 3.8) is 0 Å². The fourth-order valence-electron chi connectivity index (χ4n) is 1.99. The molecule has 6 heteroatoms. The third-order valence-corrected chi connectivity index (χ3v) is 2.88. The minimum absolute atomic E-state index is 0.111. The predicted molar refractivity (Wildman–Crippen MR) is 68.9 cm³/mol. The van der Waals surface area contributed by atoms with Crippen molar-refractivity contribution < 1.29 is 24.2 Å². The highest BCUT2D eigenvalue weighted by atomic mass is 16.6. The lowest BCUT2D eigenvalue weighted by molar-refractivity contribution is -0.132. The molecule has 1 saturated heterocycles. The van der Waals surface area contributed by atoms with E-state index in [-0.39, 0.29) is 6.61 Å². The molecule has 1 N–H and O–H groups in total. The van der Waals surface area contributed by atoms with Gasteiger partial charge in [-0.05, 0) is 12.0 Å². The molecule has 1 aromatic rings. The van der Waals surface area contributed by atoms with Gasteiger partial charge in [0.15, 0.2) is 0 Å². The quantitative estimate of drug-likeness (QED) is 0.835. The summed E-state index contributed by atoms with van der Waals surface area (Å²) in [4.78, 5) is 34.7. The van der Waals surface area contributed by atoms with E-state index in [0.717, 1.165) is 16.5 Å². The number of rotatable bonds is 4. The summed E-state index contributed by atoms with van der Waals surface area (Å²) in [7, 11) is 0. The molecule has 6 nitrogen and oxygen atoms in total. The maximum Gasteiger partial charge on any atom is 0.417 e. The van der Waals surface area contributed by atoms with Gasteiger partial charge in [0.2, 0.25) is 0 Å². The van der Waals surface area contributed by atoms with E-state index >= 15 is 0 Å². The maximum atomic E-state index is 11.8. The second kappa shape index (κ2) is 6.01. The van der Waals surface area contributed by atoms with Crippen LogP contribution in [0.4, 0.5) is 4.79 Å². The van der Waals surface area contributed by atoms with Gasteiger partial charge in [0.1, 0.15) is 6.61 Å². The number of hydrogen-bond donors (Lipinski definition) is 1. The van der Waals surface area contributed by atoms with Gasteiger partial charge >= 0.3 is 12.1 Å². The van der Waals surface area contributed by atoms with Crippen LogP contribution in [-0.2, 0) is 20.7 Å². The van der Waals surface area contributed by atoms with E-state index in [2.05, 4.69) is 0 Å². The van der Waals surface area contributed by atoms with Crippen LogP contribution in [0.3, 0.4) is 0 Å². The topological polar surface area (TPSA) is 83.9 Å². The first-order chi connectivity index (χ1) is 9.58. The predicted octanol–water partition coefficient (Wildman–Crippen LogP) is 1.22. The van der Waals surface area contributed by atoms with Crippen molar-refractivity contribution in [3.05, 3.63) is 48.0 Å². The zero-order valence-electron chi connectivity index (χ0n) is 10.6. The molecule has 1 fully saturated rings. The number of cyclic esters (lactones) is 1. The number of hydrogen-bond acceptors (Lipinski definition) is 4. The fraction of sp³-hybridized carbons (Fsp3) is 0.214. The number of nitrogens with zero attached hydrogens (tertiary/aromatic N) is 1. The molecule has 0 bridgehead atoms. The van der Waals surface area contributed by atoms with Crippen molar-refractivity contribution in [2.45, 2.75) is 12.5 Å². The Labute approximate surface area is 115 Å². The molecular weight excluding hydrogens is 262 g/mol. The molecule has 2 amide bonds. The van der Waals surface area contributed by atoms with Crippen LogP contribution in [-0.4, -0.2) is 40.6 Å². The number of ether oxygens (including phenoxy) is 1. The van der Waals surface area contributed by atoms with Crippen LogP contribution in [0.2, 0.25) is 0 Å². The number of carbonyl (C=O) groups is 3. The molecular formula is C14H13NO5. The van der Waals surface area contributed by atoms with E-state index in [9.17, 15) is 14.4 Å². The van der Waals surface area contributed by atoms with Gasteiger partial charge in [-0.25, -0.2) is 14.5 Å². The number of amides is 2. The highest BCUT2D eigenvalue weighted by Crippen LogP contribution is 2.17. The Morgan fingerprint density at radius 3 is 2.65 bits per heavy atom. The molecule has 104 valence electrons. The van der Waals surface area contributed by atoms with Gasteiger partial charge in [-0.3, -0.25) is 4.79 Å². The first kappa shape index (κ1) is 13.8. The van der Waals surface area contributed by atoms with Crippen LogP contribution < -0.4 is 0 Å². The summed E-state index contributed by atoms with van der Waals surface area (Å²) in [5.74, 6) is -1.93. The molecule has 1 heterocycles. The van der Waals surface area contributed by atoms with Crippen molar-refractivity contribution in [1.82, 2.24) is 4.90 Å². The molecule has 1 aliphatic rings. The van der Waals surface area contributed by atoms with E-state index in [4.69, 9.17) is 9.84 Å². The Bertz CT molecular complexity index is 552. The minimum Gasteiger partial charge on any atom is -0.478 e. The van der Waals surface area contributed by atoms with Crippen molar-refractivity contribution in [3.8, 4) is 0 Å². The molecule has 1 aliphatic heterocycles. The molecule has 2 rings (SSSR count). The second-order valence-corrected chi connectivity index (χ2v) is 4.30. The van der Waals surface area contributed by atoms with Gasteiger partial charge in [-0.2, -0.15) is 0 Å². The van der Waals surface area contributed by atoms with Crippen molar-refractivity contribution >= 4 is 18.0 Å². The van der Waals surface area contributed by atoms with Crippen molar-refractivity contribution in [2.75, 3.05) is 6.61 Å². The van der Waals surface area contributed by atoms with Gasteiger partial charge in [-0.15, -0.1) is 0 Å². The molecule has 0 radical (unpaired) electrons. The van der Waals surface area contributed by atoms with Gasteiger partial charge in [0.25, 0.3) is 5.91 Å². The maximum absolute atomic E-state index is 11.8. The first-order valence-corrected chi connectivity index (χ1v) is 6.03. The Kier molecular flexibility index (Phi) is 4.14. The number of benzene rings is 1. The Morgan fingerprint density at radius 1 is 1.30 bits per heavy atom. The molecule has 0 aromatic heterocycles. The fourth-order valence-corrected chi connectivity index (χ4v) is 1.99. The van der Waals surface area contributed by atoms with Gasteiger partial charge in [0.05, 0.1) is 6.04 Å². The summed E-state index contributed by atoms with van der Waals surface area (Å²) in [6.45, 7) is 0.111. The molecule has 1 aromatic carbocycles. The van der Waals surface area contributed by atoms with E-state index in [1.54, 1.807) is 0 Å². The van der Waals surface area contributed by atoms with Gasteiger partial charge in [-0.1, -0.05) is 30.3 Å². The summed E-state index contributed by atoms with van der Waals surface area (Å²) in [6, 6.07) is 8.96. The normalized spacial score (nSPS) is 18.3. The van der Waals surface area contributed by atoms with Crippen LogP contribution in [0.25, 0.3) is 0 Å². The highest BCUT2D eigenvalue weighted by molar-refractivity contribution is 6.02. The average Bonchev–Trinajstić information content (AvgIpc) is 2.78. The van der Waals surface area contributed by atoms with E-state index in [0.29, 0.717) is 12.5 Å². The third kappa shape index (κ3) is 3.23. The first-order valence-electron chi connectivity index (χ1n) is 6.03. The lowest BCUT2D eigenvalue weighted by Crippen LogP contribution is -2.39. The summed E-state index contributed by atoms with van der Waals surface area (Å²) in [5.41, 5.74) is 0.968. The molecule has 0 aliphatic carbocycles. The highest BCUT2D eigenvalue weighted by Gasteiger charge is 2.36. The van der Waals surface area contributed by atoms with E-state index in [1.807, 2.05) is 30.3 Å². The lowest BCUT2D eigenvalue weighted by atomic mass is 10.1. The zero-order chi connectivity index (χ0) is 14.5. The van der Waals surface area contributed by atoms with Crippen LogP contribution >= 0.6 is 0 Å². The summed E-state index contributed by atoms with van der Waals surface area (Å²) < 4.78 is 4.86. The van der Waals surface area contributed by atoms with Crippen LogP contribution in [0.5, 0.6) is 0 Å². The SMILES string of the molecule is O=C(O)/C=C/C(=O)N1C(=O)OC[C@H]1Cc1ccccc1. The standard InChI is InChI=1S/C14H13NO5/c16-12(6-7-13(17)18)15-11(9-20-14(15)19)8-10-4-2-1-3-5-10/h1-7,11H,8-9H2,(H,17,18)/b7-6+/t11-/m1/s1. The van der Waals surface area contributed by atoms with Crippen LogP contribution in [0, 0.1) is 0 Å². The number of carboxylic acids is 1. The smallest absolute Gasteiger partial charge is 0.417 e. The Hall–Kier alpha value is -2.63. The number of aliphatic carboxylic acids is 1. The van der Waals surface area contributed by atoms with Crippen molar-refractivity contribution in [2.24, 2.45) is 0 Å². The molecule has 0 spiro atoms. The van der Waals surface area contributed by atoms with Crippen LogP contribution in [0.1, 0.15) is 5.56 Å². The molecule has 1 atom stereocenters. The zero-order valence-corrected chi connectivity index (χ0v) is 10.6. The third-order valence-electron chi connectivity index (χ3n) is 2.88. The number of carbonyl (C=O) groups excluding carboxylic acids is 2. The summed E-state index contributed by atoms with van der Waals surface area (Å²) >= 11 is 0. The lowest BCUT2D eigenvalue weighted by Gasteiger charge is -2.17. The minimum atomic E-state index is -1.24. The largest absolute Gasteiger partial charge is 0.478 e. The Balaban J connectivity index is 2.10. The second-order valence-electron chi connectivity index (χ2n) is 4.30. The number of carboxylic acid groups (broad SMARTS) is 1. The van der Waals surface area contributed by atoms with Gasteiger partial charge < -0.3 is 9.84 Å². The average molecular weight is 275 g/mol. The Morgan fingerprint density at radius 2 is 2.00 bits per heavy atom. The van der Waals surface area contributed by atoms with Crippen LogP contribution in [0.15, 0.2) is 42.5 Å². The van der Waals surface area contributed by atoms with Crippen molar-refractivity contribution in [1.29, 1.82) is 0 Å². The number of imide groups is 1. The van der Waals surface area contributed by atoms with Gasteiger partial charge in [0, 0.05) is 12.2 Å². The van der Waals surface area contributed by atoms with E-state index in [1.165, 1.54) is 0 Å². The monoisotopic (exact) mass is 275 g/mol.